The molecule has 7 heavy (non-hydrogen) atoms. The minimum atomic E-state index is -2.53. The molecule has 0 heterocycles. The van der Waals surface area contributed by atoms with Gasteiger partial charge in [0.2, 0.25) is 0 Å². The molecule has 0 aromatic carbocycles. The lowest BCUT2D eigenvalue weighted by Crippen LogP contribution is -1.96. The van der Waals surface area contributed by atoms with Crippen LogP contribution in [0, 0.1) is 5.92 Å². The topological polar surface area (TPSA) is 20.2 Å². The lowest BCUT2D eigenvalue weighted by atomic mass is 10.5. The lowest BCUT2D eigenvalue weighted by Gasteiger charge is -1.86. The van der Waals surface area contributed by atoms with Gasteiger partial charge >= 0.3 is 0 Å². The summed E-state index contributed by atoms with van der Waals surface area (Å²) in [5.74, 6) is -3.26. The van der Waals surface area contributed by atoms with Crippen LogP contribution in [0.25, 0.3) is 0 Å². The molecule has 42 valence electrons. The van der Waals surface area contributed by atoms with Gasteiger partial charge in [0.15, 0.2) is 0 Å². The minimum absolute atomic E-state index is 0.122. The van der Waals surface area contributed by atoms with Crippen LogP contribution in [0.5, 0.6) is 0 Å². The zero-order valence-corrected chi connectivity index (χ0v) is 3.69. The van der Waals surface area contributed by atoms with Gasteiger partial charge < -0.3 is 5.11 Å². The molecule has 0 aromatic heterocycles. The fourth-order valence-corrected chi connectivity index (χ4v) is 0.468. The highest BCUT2D eigenvalue weighted by atomic mass is 19.3. The van der Waals surface area contributed by atoms with E-state index in [2.05, 4.69) is 0 Å². The molecule has 0 aromatic rings. The molecule has 1 nitrogen and oxygen atoms in total. The Labute approximate surface area is 40.0 Å². The van der Waals surface area contributed by atoms with Gasteiger partial charge in [0.05, 0.1) is 12.5 Å². The smallest absolute Gasteiger partial charge is 0.253 e. The van der Waals surface area contributed by atoms with E-state index in [9.17, 15) is 8.78 Å². The zero-order valence-electron chi connectivity index (χ0n) is 3.69. The zero-order chi connectivity index (χ0) is 5.49. The molecule has 1 N–H and O–H groups in total. The summed E-state index contributed by atoms with van der Waals surface area (Å²) < 4.78 is 23.3. The third kappa shape index (κ3) is 0.725. The second-order valence-corrected chi connectivity index (χ2v) is 1.84. The fraction of sp³-hybridized carbons (Fsp3) is 1.00. The van der Waals surface area contributed by atoms with Crippen LogP contribution in [0.15, 0.2) is 0 Å². The Kier molecular flexibility index (Phi) is 0.819. The first kappa shape index (κ1) is 4.97. The fourth-order valence-electron chi connectivity index (χ4n) is 0.468. The van der Waals surface area contributed by atoms with Gasteiger partial charge in [0, 0.05) is 6.42 Å². The SMILES string of the molecule is OC[C@@H]1CC1(F)F. The van der Waals surface area contributed by atoms with Crippen molar-refractivity contribution in [3.63, 3.8) is 0 Å². The molecule has 1 saturated carbocycles. The Bertz CT molecular complexity index is 81.8. The van der Waals surface area contributed by atoms with E-state index in [1.54, 1.807) is 0 Å². The maximum Gasteiger partial charge on any atom is 0.253 e. The molecule has 0 amide bonds. The van der Waals surface area contributed by atoms with E-state index >= 15 is 0 Å². The van der Waals surface area contributed by atoms with Crippen LogP contribution < -0.4 is 0 Å². The molecule has 3 heteroatoms. The molecule has 0 unspecified atom stereocenters. The van der Waals surface area contributed by atoms with Crippen LogP contribution >= 0.6 is 0 Å². The molecule has 0 aliphatic heterocycles. The summed E-state index contributed by atoms with van der Waals surface area (Å²) in [5.41, 5.74) is 0. The van der Waals surface area contributed by atoms with Gasteiger partial charge in [-0.1, -0.05) is 0 Å². The van der Waals surface area contributed by atoms with Crippen molar-refractivity contribution in [1.29, 1.82) is 0 Å². The van der Waals surface area contributed by atoms with Crippen LogP contribution in [0.2, 0.25) is 0 Å². The summed E-state index contributed by atoms with van der Waals surface area (Å²) in [6.45, 7) is -0.368. The van der Waals surface area contributed by atoms with Gasteiger partial charge in [0.25, 0.3) is 5.92 Å². The van der Waals surface area contributed by atoms with Gasteiger partial charge in [-0.05, 0) is 0 Å². The molecule has 0 bridgehead atoms. The number of rotatable bonds is 1. The predicted molar refractivity (Wildman–Crippen MR) is 20.1 cm³/mol. The van der Waals surface area contributed by atoms with Crippen LogP contribution in [-0.4, -0.2) is 17.6 Å². The highest BCUT2D eigenvalue weighted by molar-refractivity contribution is 4.93. The summed E-state index contributed by atoms with van der Waals surface area (Å²) in [6.07, 6.45) is -0.122. The largest absolute Gasteiger partial charge is 0.396 e. The monoisotopic (exact) mass is 108 g/mol. The van der Waals surface area contributed by atoms with E-state index in [1.165, 1.54) is 0 Å². The quantitative estimate of drug-likeness (QED) is 0.522. The van der Waals surface area contributed by atoms with Gasteiger partial charge in [-0.15, -0.1) is 0 Å². The Morgan fingerprint density at radius 3 is 2.14 bits per heavy atom. The van der Waals surface area contributed by atoms with Crippen LogP contribution in [0.3, 0.4) is 0 Å². The van der Waals surface area contributed by atoms with E-state index in [0.717, 1.165) is 0 Å². The van der Waals surface area contributed by atoms with E-state index in [0.29, 0.717) is 0 Å². The maximum atomic E-state index is 11.6. The Balaban J connectivity index is 2.30. The number of hydrogen-bond acceptors (Lipinski definition) is 1. The Morgan fingerprint density at radius 2 is 2.14 bits per heavy atom. The standard InChI is InChI=1S/C4H6F2O/c5-4(6)1-3(4)2-7/h3,7H,1-2H2/t3-/m0/s1. The Morgan fingerprint density at radius 1 is 1.71 bits per heavy atom. The molecule has 1 aliphatic carbocycles. The van der Waals surface area contributed by atoms with Crippen molar-refractivity contribution in [2.45, 2.75) is 12.3 Å². The number of halogens is 2. The first-order chi connectivity index (χ1) is 3.17. The van der Waals surface area contributed by atoms with Gasteiger partial charge in [-0.25, -0.2) is 8.78 Å². The molecule has 0 spiro atoms. The summed E-state index contributed by atoms with van der Waals surface area (Å²) in [4.78, 5) is 0. The van der Waals surface area contributed by atoms with Crippen molar-refractivity contribution in [3.8, 4) is 0 Å². The molecule has 1 fully saturated rings. The first-order valence-electron chi connectivity index (χ1n) is 2.15. The van der Waals surface area contributed by atoms with E-state index < -0.39 is 11.8 Å². The summed E-state index contributed by atoms with van der Waals surface area (Å²) in [7, 11) is 0. The van der Waals surface area contributed by atoms with Crippen LogP contribution in [0.1, 0.15) is 6.42 Å². The maximum absolute atomic E-state index is 11.6. The average molecular weight is 108 g/mol. The summed E-state index contributed by atoms with van der Waals surface area (Å²) in [5, 5.41) is 8.06. The van der Waals surface area contributed by atoms with Crippen molar-refractivity contribution in [2.24, 2.45) is 5.92 Å². The van der Waals surface area contributed by atoms with E-state index in [1.807, 2.05) is 0 Å². The molecule has 0 radical (unpaired) electrons. The molecular weight excluding hydrogens is 102 g/mol. The van der Waals surface area contributed by atoms with Crippen molar-refractivity contribution in [3.05, 3.63) is 0 Å². The van der Waals surface area contributed by atoms with Crippen LogP contribution in [-0.2, 0) is 0 Å². The van der Waals surface area contributed by atoms with Crippen molar-refractivity contribution in [1.82, 2.24) is 0 Å². The molecule has 0 saturated heterocycles. The second-order valence-electron chi connectivity index (χ2n) is 1.84. The van der Waals surface area contributed by atoms with Crippen LogP contribution in [0.4, 0.5) is 8.78 Å². The number of aliphatic hydroxyl groups is 1. The number of alkyl halides is 2. The Hall–Kier alpha value is -0.180. The highest BCUT2D eigenvalue weighted by Crippen LogP contribution is 2.47. The van der Waals surface area contributed by atoms with Gasteiger partial charge in [-0.3, -0.25) is 0 Å². The van der Waals surface area contributed by atoms with E-state index in [-0.39, 0.29) is 13.0 Å². The van der Waals surface area contributed by atoms with Crippen molar-refractivity contribution in [2.75, 3.05) is 6.61 Å². The summed E-state index contributed by atoms with van der Waals surface area (Å²) in [6, 6.07) is 0. The summed E-state index contributed by atoms with van der Waals surface area (Å²) >= 11 is 0. The number of aliphatic hydroxyl groups excluding tert-OH is 1. The third-order valence-electron chi connectivity index (χ3n) is 1.18. The normalized spacial score (nSPS) is 35.6. The average Bonchev–Trinajstić information content (AvgIpc) is 2.13. The van der Waals surface area contributed by atoms with Gasteiger partial charge in [0.1, 0.15) is 0 Å². The lowest BCUT2D eigenvalue weighted by molar-refractivity contribution is 0.0822. The van der Waals surface area contributed by atoms with E-state index in [4.69, 9.17) is 5.11 Å². The minimum Gasteiger partial charge on any atom is -0.396 e. The molecule has 1 rings (SSSR count). The van der Waals surface area contributed by atoms with Gasteiger partial charge in [-0.2, -0.15) is 0 Å². The van der Waals surface area contributed by atoms with Crippen molar-refractivity contribution < 1.29 is 13.9 Å². The number of hydrogen-bond donors (Lipinski definition) is 1. The molecule has 1 aliphatic rings. The highest BCUT2D eigenvalue weighted by Gasteiger charge is 2.56. The molecular formula is C4H6F2O. The first-order valence-corrected chi connectivity index (χ1v) is 2.15. The van der Waals surface area contributed by atoms with Crippen molar-refractivity contribution >= 4 is 0 Å². The third-order valence-corrected chi connectivity index (χ3v) is 1.18. The predicted octanol–water partition coefficient (Wildman–Crippen LogP) is 0.634. The second kappa shape index (κ2) is 1.15. The molecule has 1 atom stereocenters.